The molecule has 1 aliphatic heterocycles. The molecule has 160 valence electrons. The van der Waals surface area contributed by atoms with Crippen molar-refractivity contribution in [3.8, 4) is 0 Å². The summed E-state index contributed by atoms with van der Waals surface area (Å²) in [5.74, 6) is -0.496. The van der Waals surface area contributed by atoms with Crippen LogP contribution in [-0.4, -0.2) is 46.6 Å². The SMILES string of the molecule is COC(=O)[C@@H](Cc1ccccc1)NC(=O)N1CCc2[nH]cnc2[C@H]1c1ccccc1Cl. The number of imidazole rings is 1. The highest BCUT2D eigenvalue weighted by Gasteiger charge is 2.36. The van der Waals surface area contributed by atoms with Gasteiger partial charge in [-0.25, -0.2) is 14.6 Å². The number of rotatable bonds is 5. The predicted octanol–water partition coefficient (Wildman–Crippen LogP) is 3.50. The highest BCUT2D eigenvalue weighted by atomic mass is 35.5. The van der Waals surface area contributed by atoms with Gasteiger partial charge in [-0.15, -0.1) is 0 Å². The minimum Gasteiger partial charge on any atom is -0.467 e. The first-order chi connectivity index (χ1) is 15.1. The minimum absolute atomic E-state index is 0.331. The topological polar surface area (TPSA) is 87.3 Å². The summed E-state index contributed by atoms with van der Waals surface area (Å²) in [5, 5.41) is 3.41. The second kappa shape index (κ2) is 9.22. The Balaban J connectivity index is 1.62. The van der Waals surface area contributed by atoms with Crippen LogP contribution in [0.1, 0.15) is 28.6 Å². The molecule has 0 saturated carbocycles. The van der Waals surface area contributed by atoms with Crippen LogP contribution in [0.5, 0.6) is 0 Å². The smallest absolute Gasteiger partial charge is 0.328 e. The number of urea groups is 1. The Hall–Kier alpha value is -3.32. The van der Waals surface area contributed by atoms with E-state index in [4.69, 9.17) is 16.3 Å². The third-order valence-corrected chi connectivity index (χ3v) is 5.80. The van der Waals surface area contributed by atoms with Crippen LogP contribution in [0.3, 0.4) is 0 Å². The van der Waals surface area contributed by atoms with E-state index < -0.39 is 18.1 Å². The van der Waals surface area contributed by atoms with Crippen molar-refractivity contribution in [3.05, 3.63) is 88.5 Å². The number of esters is 1. The number of aromatic nitrogens is 2. The van der Waals surface area contributed by atoms with E-state index in [1.807, 2.05) is 48.5 Å². The van der Waals surface area contributed by atoms with E-state index in [9.17, 15) is 9.59 Å². The van der Waals surface area contributed by atoms with Gasteiger partial charge in [-0.1, -0.05) is 60.1 Å². The van der Waals surface area contributed by atoms with Gasteiger partial charge in [0.25, 0.3) is 0 Å². The Bertz CT molecular complexity index is 1070. The summed E-state index contributed by atoms with van der Waals surface area (Å²) in [5.41, 5.74) is 3.44. The number of hydrogen-bond acceptors (Lipinski definition) is 4. The van der Waals surface area contributed by atoms with Gasteiger partial charge in [-0.3, -0.25) is 0 Å². The number of halogens is 1. The molecule has 1 aromatic heterocycles. The van der Waals surface area contributed by atoms with E-state index in [-0.39, 0.29) is 6.03 Å². The van der Waals surface area contributed by atoms with Crippen LogP contribution in [-0.2, 0) is 22.4 Å². The average molecular weight is 439 g/mol. The normalized spacial score (nSPS) is 16.3. The molecule has 2 heterocycles. The summed E-state index contributed by atoms with van der Waals surface area (Å²) in [6.45, 7) is 0.455. The Morgan fingerprint density at radius 1 is 1.23 bits per heavy atom. The van der Waals surface area contributed by atoms with Crippen molar-refractivity contribution in [1.29, 1.82) is 0 Å². The van der Waals surface area contributed by atoms with Crippen LogP contribution in [0.25, 0.3) is 0 Å². The molecule has 2 atom stereocenters. The maximum absolute atomic E-state index is 13.4. The molecule has 3 aromatic rings. The Kier molecular flexibility index (Phi) is 6.23. The molecule has 0 saturated heterocycles. The zero-order valence-electron chi connectivity index (χ0n) is 17.0. The molecule has 2 aromatic carbocycles. The summed E-state index contributed by atoms with van der Waals surface area (Å²) < 4.78 is 4.94. The van der Waals surface area contributed by atoms with E-state index >= 15 is 0 Å². The molecular formula is C23H23ClN4O3. The fourth-order valence-corrected chi connectivity index (χ4v) is 4.16. The first-order valence-corrected chi connectivity index (χ1v) is 10.4. The fraction of sp³-hybridized carbons (Fsp3) is 0.261. The Morgan fingerprint density at radius 3 is 2.71 bits per heavy atom. The molecule has 0 radical (unpaired) electrons. The lowest BCUT2D eigenvalue weighted by atomic mass is 9.96. The lowest BCUT2D eigenvalue weighted by molar-refractivity contribution is -0.142. The van der Waals surface area contributed by atoms with Gasteiger partial charge in [0.2, 0.25) is 0 Å². The summed E-state index contributed by atoms with van der Waals surface area (Å²) in [4.78, 5) is 35.1. The van der Waals surface area contributed by atoms with Crippen molar-refractivity contribution in [2.75, 3.05) is 13.7 Å². The van der Waals surface area contributed by atoms with E-state index in [0.29, 0.717) is 24.4 Å². The zero-order valence-corrected chi connectivity index (χ0v) is 17.8. The van der Waals surface area contributed by atoms with Crippen LogP contribution in [0.4, 0.5) is 4.79 Å². The van der Waals surface area contributed by atoms with E-state index in [0.717, 1.165) is 22.5 Å². The number of fused-ring (bicyclic) bond motifs is 1. The number of ether oxygens (including phenoxy) is 1. The number of H-pyrrole nitrogens is 1. The second-order valence-corrected chi connectivity index (χ2v) is 7.76. The number of carbonyl (C=O) groups is 2. The monoisotopic (exact) mass is 438 g/mol. The number of carbonyl (C=O) groups excluding carboxylic acids is 2. The number of benzene rings is 2. The van der Waals surface area contributed by atoms with Crippen LogP contribution < -0.4 is 5.32 Å². The van der Waals surface area contributed by atoms with Gasteiger partial charge >= 0.3 is 12.0 Å². The summed E-state index contributed by atoms with van der Waals surface area (Å²) in [7, 11) is 1.32. The third-order valence-electron chi connectivity index (χ3n) is 5.45. The number of aromatic amines is 1. The molecule has 0 aliphatic carbocycles. The molecular weight excluding hydrogens is 416 g/mol. The molecule has 2 N–H and O–H groups in total. The van der Waals surface area contributed by atoms with Crippen molar-refractivity contribution in [3.63, 3.8) is 0 Å². The van der Waals surface area contributed by atoms with Crippen molar-refractivity contribution in [1.82, 2.24) is 20.2 Å². The predicted molar refractivity (Wildman–Crippen MR) is 117 cm³/mol. The summed E-state index contributed by atoms with van der Waals surface area (Å²) in [6, 6.07) is 15.3. The molecule has 0 unspecified atom stereocenters. The number of nitrogens with one attached hydrogen (secondary N) is 2. The van der Waals surface area contributed by atoms with Gasteiger partial charge in [-0.05, 0) is 17.2 Å². The lowest BCUT2D eigenvalue weighted by Crippen LogP contribution is -2.52. The molecule has 2 amide bonds. The Labute approximate surface area is 185 Å². The first kappa shape index (κ1) is 20.9. The van der Waals surface area contributed by atoms with Crippen LogP contribution >= 0.6 is 11.6 Å². The maximum Gasteiger partial charge on any atom is 0.328 e. The first-order valence-electron chi connectivity index (χ1n) is 10.0. The fourth-order valence-electron chi connectivity index (χ4n) is 3.92. The molecule has 0 spiro atoms. The minimum atomic E-state index is -0.813. The highest BCUT2D eigenvalue weighted by Crippen LogP contribution is 2.36. The van der Waals surface area contributed by atoms with Gasteiger partial charge in [0.1, 0.15) is 12.1 Å². The van der Waals surface area contributed by atoms with E-state index in [2.05, 4.69) is 15.3 Å². The molecule has 0 bridgehead atoms. The van der Waals surface area contributed by atoms with Crippen molar-refractivity contribution < 1.29 is 14.3 Å². The second-order valence-electron chi connectivity index (χ2n) is 7.35. The molecule has 31 heavy (non-hydrogen) atoms. The van der Waals surface area contributed by atoms with Crippen molar-refractivity contribution in [2.24, 2.45) is 0 Å². The van der Waals surface area contributed by atoms with Gasteiger partial charge in [0.05, 0.1) is 19.1 Å². The number of methoxy groups -OCH3 is 1. The molecule has 8 heteroatoms. The standard InChI is InChI=1S/C23H23ClN4O3/c1-31-22(29)19(13-15-7-3-2-4-8-15)27-23(30)28-12-11-18-20(26-14-25-18)21(28)16-9-5-6-10-17(16)24/h2-10,14,19,21H,11-13H2,1H3,(H,25,26)(H,27,30)/t19-,21-/m1/s1. The quantitative estimate of drug-likeness (QED) is 0.597. The molecule has 1 aliphatic rings. The van der Waals surface area contributed by atoms with E-state index in [1.165, 1.54) is 7.11 Å². The van der Waals surface area contributed by atoms with Gasteiger partial charge in [0, 0.05) is 30.1 Å². The van der Waals surface area contributed by atoms with Gasteiger partial charge in [0.15, 0.2) is 0 Å². The van der Waals surface area contributed by atoms with Crippen LogP contribution in [0.15, 0.2) is 60.9 Å². The average Bonchev–Trinajstić information content (AvgIpc) is 3.27. The molecule has 7 nitrogen and oxygen atoms in total. The van der Waals surface area contributed by atoms with E-state index in [1.54, 1.807) is 17.3 Å². The number of hydrogen-bond donors (Lipinski definition) is 2. The zero-order chi connectivity index (χ0) is 21.8. The third kappa shape index (κ3) is 4.41. The number of amides is 2. The molecule has 0 fully saturated rings. The summed E-state index contributed by atoms with van der Waals surface area (Å²) >= 11 is 6.48. The largest absolute Gasteiger partial charge is 0.467 e. The number of nitrogens with zero attached hydrogens (tertiary/aromatic N) is 2. The van der Waals surface area contributed by atoms with Gasteiger partial charge in [-0.2, -0.15) is 0 Å². The van der Waals surface area contributed by atoms with Gasteiger partial charge < -0.3 is 19.9 Å². The Morgan fingerprint density at radius 2 is 1.97 bits per heavy atom. The van der Waals surface area contributed by atoms with Crippen molar-refractivity contribution >= 4 is 23.6 Å². The van der Waals surface area contributed by atoms with Crippen LogP contribution in [0.2, 0.25) is 5.02 Å². The highest BCUT2D eigenvalue weighted by molar-refractivity contribution is 6.31. The summed E-state index contributed by atoms with van der Waals surface area (Å²) in [6.07, 6.45) is 2.59. The molecule has 4 rings (SSSR count). The van der Waals surface area contributed by atoms with Crippen molar-refractivity contribution in [2.45, 2.75) is 24.9 Å². The van der Waals surface area contributed by atoms with Crippen LogP contribution in [0, 0.1) is 0 Å². The lowest BCUT2D eigenvalue weighted by Gasteiger charge is -2.36. The maximum atomic E-state index is 13.4.